The summed E-state index contributed by atoms with van der Waals surface area (Å²) in [5, 5.41) is 8.93. The van der Waals surface area contributed by atoms with Crippen molar-refractivity contribution >= 4 is 15.9 Å². The van der Waals surface area contributed by atoms with Crippen molar-refractivity contribution in [2.45, 2.75) is 6.42 Å². The van der Waals surface area contributed by atoms with Gasteiger partial charge in [-0.05, 0) is 12.5 Å². The second kappa shape index (κ2) is 6.38. The molecule has 0 N–H and O–H groups in total. The first kappa shape index (κ1) is 13.7. The van der Waals surface area contributed by atoms with Gasteiger partial charge in [-0.3, -0.25) is 0 Å². The highest BCUT2D eigenvalue weighted by atomic mass is 79.9. The van der Waals surface area contributed by atoms with Gasteiger partial charge in [0, 0.05) is 17.1 Å². The molecule has 0 fully saturated rings. The molecule has 0 amide bonds. The van der Waals surface area contributed by atoms with Crippen molar-refractivity contribution in [1.82, 2.24) is 0 Å². The van der Waals surface area contributed by atoms with Gasteiger partial charge in [-0.25, -0.2) is 4.39 Å². The molecule has 1 rings (SSSR count). The zero-order valence-electron chi connectivity index (χ0n) is 9.30. The molecule has 0 saturated carbocycles. The first-order valence-electron chi connectivity index (χ1n) is 4.79. The standard InChI is InChI=1S/C12H11BrFNO2/c1-3-4-8-10(13)5-11(14)9(6-15)12(8)17-7-16-2/h3,5H,1,4,7H2,2H3. The van der Waals surface area contributed by atoms with Crippen LogP contribution in [0.5, 0.6) is 5.75 Å². The van der Waals surface area contributed by atoms with Gasteiger partial charge in [-0.1, -0.05) is 22.0 Å². The Hall–Kier alpha value is -1.38. The van der Waals surface area contributed by atoms with Crippen molar-refractivity contribution in [3.63, 3.8) is 0 Å². The fourth-order valence-electron chi connectivity index (χ4n) is 1.35. The van der Waals surface area contributed by atoms with Crippen LogP contribution in [-0.2, 0) is 11.2 Å². The number of nitrogens with zero attached hydrogens (tertiary/aromatic N) is 1. The number of halogens is 2. The van der Waals surface area contributed by atoms with Crippen molar-refractivity contribution in [1.29, 1.82) is 5.26 Å². The van der Waals surface area contributed by atoms with Crippen LogP contribution in [0, 0.1) is 17.1 Å². The minimum absolute atomic E-state index is 0.0469. The summed E-state index contributed by atoms with van der Waals surface area (Å²) in [5.41, 5.74) is 0.553. The van der Waals surface area contributed by atoms with E-state index in [0.717, 1.165) is 0 Å². The molecule has 1 aromatic carbocycles. The van der Waals surface area contributed by atoms with Crippen LogP contribution in [0.15, 0.2) is 23.2 Å². The second-order valence-corrected chi connectivity index (χ2v) is 4.03. The molecule has 0 radical (unpaired) electrons. The maximum atomic E-state index is 13.6. The fourth-order valence-corrected chi connectivity index (χ4v) is 1.90. The van der Waals surface area contributed by atoms with E-state index in [1.807, 2.05) is 0 Å². The lowest BCUT2D eigenvalue weighted by atomic mass is 10.1. The SMILES string of the molecule is C=CCc1c(Br)cc(F)c(C#N)c1OCOC. The second-order valence-electron chi connectivity index (χ2n) is 3.18. The summed E-state index contributed by atoms with van der Waals surface area (Å²) in [6, 6.07) is 3.04. The number of nitriles is 1. The van der Waals surface area contributed by atoms with Gasteiger partial charge in [-0.15, -0.1) is 6.58 Å². The van der Waals surface area contributed by atoms with Crippen LogP contribution >= 0.6 is 15.9 Å². The predicted octanol–water partition coefficient (Wildman–Crippen LogP) is 3.17. The molecular weight excluding hydrogens is 289 g/mol. The minimum Gasteiger partial charge on any atom is -0.466 e. The highest BCUT2D eigenvalue weighted by Crippen LogP contribution is 2.33. The van der Waals surface area contributed by atoms with E-state index in [-0.39, 0.29) is 18.1 Å². The summed E-state index contributed by atoms with van der Waals surface area (Å²) >= 11 is 3.24. The van der Waals surface area contributed by atoms with E-state index in [2.05, 4.69) is 22.5 Å². The third-order valence-corrected chi connectivity index (χ3v) is 2.77. The quantitative estimate of drug-likeness (QED) is 0.619. The smallest absolute Gasteiger partial charge is 0.188 e. The summed E-state index contributed by atoms with van der Waals surface area (Å²) < 4.78 is 24.1. The van der Waals surface area contributed by atoms with Crippen LogP contribution < -0.4 is 4.74 Å². The lowest BCUT2D eigenvalue weighted by Gasteiger charge is -2.13. The van der Waals surface area contributed by atoms with Crippen molar-refractivity contribution in [2.24, 2.45) is 0 Å². The van der Waals surface area contributed by atoms with E-state index in [9.17, 15) is 4.39 Å². The number of rotatable bonds is 5. The zero-order valence-corrected chi connectivity index (χ0v) is 10.9. The Morgan fingerprint density at radius 2 is 2.35 bits per heavy atom. The van der Waals surface area contributed by atoms with Crippen LogP contribution in [0.25, 0.3) is 0 Å². The normalized spacial score (nSPS) is 9.76. The van der Waals surface area contributed by atoms with Gasteiger partial charge in [-0.2, -0.15) is 5.26 Å². The molecule has 3 nitrogen and oxygen atoms in total. The molecule has 0 unspecified atom stereocenters. The van der Waals surface area contributed by atoms with Crippen LogP contribution in [0.3, 0.4) is 0 Å². The van der Waals surface area contributed by atoms with E-state index in [0.29, 0.717) is 16.5 Å². The number of allylic oxidation sites excluding steroid dienone is 1. The minimum atomic E-state index is -0.627. The summed E-state index contributed by atoms with van der Waals surface area (Å²) in [7, 11) is 1.45. The van der Waals surface area contributed by atoms with Crippen LogP contribution in [0.2, 0.25) is 0 Å². The highest BCUT2D eigenvalue weighted by Gasteiger charge is 2.17. The first-order valence-corrected chi connectivity index (χ1v) is 5.58. The molecule has 0 aromatic heterocycles. The van der Waals surface area contributed by atoms with Crippen LogP contribution in [0.4, 0.5) is 4.39 Å². The van der Waals surface area contributed by atoms with Gasteiger partial charge < -0.3 is 9.47 Å². The molecule has 0 aliphatic rings. The number of benzene rings is 1. The molecule has 5 heteroatoms. The van der Waals surface area contributed by atoms with Gasteiger partial charge in [0.15, 0.2) is 6.79 Å². The predicted molar refractivity (Wildman–Crippen MR) is 65.2 cm³/mol. The molecule has 17 heavy (non-hydrogen) atoms. The molecule has 1 aromatic rings. The summed E-state index contributed by atoms with van der Waals surface area (Å²) in [6.45, 7) is 3.57. The van der Waals surface area contributed by atoms with Gasteiger partial charge in [0.05, 0.1) is 0 Å². The maximum absolute atomic E-state index is 13.6. The molecule has 0 bridgehead atoms. The Morgan fingerprint density at radius 3 is 2.88 bits per heavy atom. The van der Waals surface area contributed by atoms with E-state index >= 15 is 0 Å². The van der Waals surface area contributed by atoms with Crippen molar-refractivity contribution in [3.05, 3.63) is 40.1 Å². The van der Waals surface area contributed by atoms with E-state index < -0.39 is 5.82 Å². The van der Waals surface area contributed by atoms with Gasteiger partial charge in [0.25, 0.3) is 0 Å². The number of methoxy groups -OCH3 is 1. The van der Waals surface area contributed by atoms with E-state index in [1.54, 1.807) is 12.1 Å². The van der Waals surface area contributed by atoms with Crippen LogP contribution in [0.1, 0.15) is 11.1 Å². The molecular formula is C12H11BrFNO2. The third kappa shape index (κ3) is 3.05. The van der Waals surface area contributed by atoms with Gasteiger partial charge in [0.1, 0.15) is 23.2 Å². The Morgan fingerprint density at radius 1 is 1.65 bits per heavy atom. The molecule has 0 spiro atoms. The molecule has 0 aliphatic heterocycles. The number of hydrogen-bond donors (Lipinski definition) is 0. The zero-order chi connectivity index (χ0) is 12.8. The van der Waals surface area contributed by atoms with Gasteiger partial charge >= 0.3 is 0 Å². The average Bonchev–Trinajstić information content (AvgIpc) is 2.30. The Bertz CT molecular complexity index is 469. The average molecular weight is 300 g/mol. The van der Waals surface area contributed by atoms with Crippen LogP contribution in [-0.4, -0.2) is 13.9 Å². The number of ether oxygens (including phenoxy) is 2. The number of hydrogen-bond acceptors (Lipinski definition) is 3. The maximum Gasteiger partial charge on any atom is 0.188 e. The highest BCUT2D eigenvalue weighted by molar-refractivity contribution is 9.10. The molecule has 0 atom stereocenters. The van der Waals surface area contributed by atoms with E-state index in [1.165, 1.54) is 13.2 Å². The Labute approximate surface area is 108 Å². The van der Waals surface area contributed by atoms with Crippen molar-refractivity contribution < 1.29 is 13.9 Å². The first-order chi connectivity index (χ1) is 8.15. The van der Waals surface area contributed by atoms with Crippen molar-refractivity contribution in [2.75, 3.05) is 13.9 Å². The Kier molecular flexibility index (Phi) is 5.13. The molecule has 0 aliphatic carbocycles. The molecule has 90 valence electrons. The Balaban J connectivity index is 3.35. The summed E-state index contributed by atoms with van der Waals surface area (Å²) in [4.78, 5) is 0. The molecule has 0 heterocycles. The summed E-state index contributed by atoms with van der Waals surface area (Å²) in [5.74, 6) is -0.431. The lowest BCUT2D eigenvalue weighted by Crippen LogP contribution is -2.05. The topological polar surface area (TPSA) is 42.2 Å². The monoisotopic (exact) mass is 299 g/mol. The fraction of sp³-hybridized carbons (Fsp3) is 0.250. The van der Waals surface area contributed by atoms with E-state index in [4.69, 9.17) is 14.7 Å². The molecule has 0 saturated heterocycles. The van der Waals surface area contributed by atoms with Gasteiger partial charge in [0.2, 0.25) is 0 Å². The van der Waals surface area contributed by atoms with Crippen molar-refractivity contribution in [3.8, 4) is 11.8 Å². The summed E-state index contributed by atoms with van der Waals surface area (Å²) in [6.07, 6.45) is 2.12. The third-order valence-electron chi connectivity index (χ3n) is 2.06. The lowest BCUT2D eigenvalue weighted by molar-refractivity contribution is 0.0500. The largest absolute Gasteiger partial charge is 0.466 e.